The summed E-state index contributed by atoms with van der Waals surface area (Å²) < 4.78 is 6.22. The second-order valence-corrected chi connectivity index (χ2v) is 2.29. The molecule has 13 heavy (non-hydrogen) atoms. The van der Waals surface area contributed by atoms with Crippen molar-refractivity contribution >= 4 is 5.91 Å². The highest BCUT2D eigenvalue weighted by atomic mass is 16.3. The Kier molecular flexibility index (Phi) is 1.79. The molecule has 0 bridgehead atoms. The molecule has 2 aromatic rings. The molecule has 1 N–H and O–H groups in total. The lowest BCUT2D eigenvalue weighted by Crippen LogP contribution is -2.20. The molecule has 0 atom stereocenters. The molecule has 2 heterocycles. The summed E-state index contributed by atoms with van der Waals surface area (Å²) in [5, 5.41) is 7.05. The first-order chi connectivity index (χ1) is 6.36. The number of furan rings is 1. The van der Waals surface area contributed by atoms with E-state index >= 15 is 0 Å². The summed E-state index contributed by atoms with van der Waals surface area (Å²) in [5.41, 5.74) is 2.48. The third-order valence-electron chi connectivity index (χ3n) is 1.39. The summed E-state index contributed by atoms with van der Waals surface area (Å²) in [7, 11) is 0. The Morgan fingerprint density at radius 2 is 2.23 bits per heavy atom. The molecule has 0 aliphatic carbocycles. The van der Waals surface area contributed by atoms with E-state index < -0.39 is 0 Å². The minimum Gasteiger partial charge on any atom is -0.459 e. The molecule has 2 aromatic heterocycles. The summed E-state index contributed by atoms with van der Waals surface area (Å²) in [5.74, 6) is -0.0986. The van der Waals surface area contributed by atoms with Crippen molar-refractivity contribution in [2.75, 3.05) is 5.43 Å². The van der Waals surface area contributed by atoms with Gasteiger partial charge in [-0.3, -0.25) is 10.2 Å². The van der Waals surface area contributed by atoms with Gasteiger partial charge in [0.25, 0.3) is 0 Å². The first-order valence-corrected chi connectivity index (χ1v) is 3.56. The Bertz CT molecular complexity index is 379. The number of carbonyl (C=O) groups excluding carboxylic acids is 1. The van der Waals surface area contributed by atoms with E-state index in [0.29, 0.717) is 0 Å². The van der Waals surface area contributed by atoms with Crippen molar-refractivity contribution < 1.29 is 9.21 Å². The van der Waals surface area contributed by atoms with Crippen molar-refractivity contribution in [1.29, 1.82) is 0 Å². The topological polar surface area (TPSA) is 73.0 Å². The molecule has 0 aliphatic rings. The largest absolute Gasteiger partial charge is 0.459 e. The molecule has 6 heteroatoms. The summed E-state index contributed by atoms with van der Waals surface area (Å²) >= 11 is 0. The highest BCUT2D eigenvalue weighted by Crippen LogP contribution is 1.99. The minimum absolute atomic E-state index is 0.244. The van der Waals surface area contributed by atoms with Crippen LogP contribution in [-0.2, 0) is 0 Å². The van der Waals surface area contributed by atoms with Gasteiger partial charge in [0.1, 0.15) is 12.7 Å². The number of carbonyl (C=O) groups is 1. The number of aromatic nitrogens is 3. The van der Waals surface area contributed by atoms with E-state index in [2.05, 4.69) is 15.6 Å². The van der Waals surface area contributed by atoms with E-state index in [4.69, 9.17) is 4.42 Å². The molecule has 0 saturated carbocycles. The van der Waals surface area contributed by atoms with Gasteiger partial charge in [0.05, 0.1) is 6.26 Å². The van der Waals surface area contributed by atoms with Crippen LogP contribution in [-0.4, -0.2) is 20.8 Å². The molecule has 66 valence electrons. The van der Waals surface area contributed by atoms with Gasteiger partial charge in [-0.1, -0.05) is 0 Å². The molecule has 0 fully saturated rings. The molecular formula is C7H6N4O2. The maximum absolute atomic E-state index is 11.3. The zero-order chi connectivity index (χ0) is 9.10. The van der Waals surface area contributed by atoms with Gasteiger partial charge in [-0.2, -0.15) is 0 Å². The normalized spacial score (nSPS) is 9.85. The molecule has 0 aromatic carbocycles. The van der Waals surface area contributed by atoms with Gasteiger partial charge in [-0.05, 0) is 12.1 Å². The monoisotopic (exact) mass is 178 g/mol. The third-order valence-corrected chi connectivity index (χ3v) is 1.39. The van der Waals surface area contributed by atoms with Crippen LogP contribution in [0.15, 0.2) is 35.5 Å². The fourth-order valence-corrected chi connectivity index (χ4v) is 0.839. The van der Waals surface area contributed by atoms with Crippen molar-refractivity contribution in [1.82, 2.24) is 14.9 Å². The number of nitrogens with zero attached hydrogens (tertiary/aromatic N) is 3. The zero-order valence-electron chi connectivity index (χ0n) is 6.54. The first kappa shape index (κ1) is 7.53. The molecule has 1 amide bonds. The summed E-state index contributed by atoms with van der Waals surface area (Å²) in [6.45, 7) is 0. The predicted molar refractivity (Wildman–Crippen MR) is 42.4 cm³/mol. The van der Waals surface area contributed by atoms with Crippen LogP contribution in [0.3, 0.4) is 0 Å². The van der Waals surface area contributed by atoms with Crippen LogP contribution >= 0.6 is 0 Å². The van der Waals surface area contributed by atoms with E-state index in [9.17, 15) is 4.79 Å². The van der Waals surface area contributed by atoms with Gasteiger partial charge in [0.2, 0.25) is 0 Å². The Morgan fingerprint density at radius 1 is 1.46 bits per heavy atom. The van der Waals surface area contributed by atoms with Gasteiger partial charge in [0, 0.05) is 0 Å². The van der Waals surface area contributed by atoms with Crippen LogP contribution in [0.25, 0.3) is 0 Å². The summed E-state index contributed by atoms with van der Waals surface area (Å²) in [6.07, 6.45) is 4.18. The van der Waals surface area contributed by atoms with Crippen LogP contribution in [0.5, 0.6) is 0 Å². The lowest BCUT2D eigenvalue weighted by Gasteiger charge is -2.00. The van der Waals surface area contributed by atoms with Crippen molar-refractivity contribution in [3.63, 3.8) is 0 Å². The van der Waals surface area contributed by atoms with Crippen molar-refractivity contribution in [3.8, 4) is 0 Å². The van der Waals surface area contributed by atoms with Crippen molar-refractivity contribution in [2.45, 2.75) is 0 Å². The molecule has 0 aliphatic heterocycles. The Balaban J connectivity index is 2.08. The first-order valence-electron chi connectivity index (χ1n) is 3.56. The molecule has 0 spiro atoms. The summed E-state index contributed by atoms with van der Waals surface area (Å²) in [4.78, 5) is 11.3. The lowest BCUT2D eigenvalue weighted by molar-refractivity contribution is 0.0981. The Hall–Kier alpha value is -2.11. The second kappa shape index (κ2) is 3.10. The number of hydrogen-bond acceptors (Lipinski definition) is 4. The number of nitrogens with one attached hydrogen (secondary N) is 1. The molecule has 6 nitrogen and oxygen atoms in total. The van der Waals surface area contributed by atoms with Gasteiger partial charge in [-0.15, -0.1) is 10.2 Å². The van der Waals surface area contributed by atoms with Crippen LogP contribution in [0.2, 0.25) is 0 Å². The van der Waals surface area contributed by atoms with E-state index in [1.807, 2.05) is 0 Å². The van der Waals surface area contributed by atoms with E-state index in [0.717, 1.165) is 0 Å². The lowest BCUT2D eigenvalue weighted by atomic mass is 10.4. The quantitative estimate of drug-likeness (QED) is 0.715. The van der Waals surface area contributed by atoms with E-state index in [-0.39, 0.29) is 11.7 Å². The molecule has 0 radical (unpaired) electrons. The van der Waals surface area contributed by atoms with E-state index in [1.54, 1.807) is 12.1 Å². The van der Waals surface area contributed by atoms with Crippen molar-refractivity contribution in [2.24, 2.45) is 0 Å². The SMILES string of the molecule is O=C(Nn1cnnc1)c1ccco1. The maximum atomic E-state index is 11.3. The molecular weight excluding hydrogens is 172 g/mol. The van der Waals surface area contributed by atoms with Crippen LogP contribution < -0.4 is 5.43 Å². The molecule has 2 rings (SSSR count). The Morgan fingerprint density at radius 3 is 2.85 bits per heavy atom. The van der Waals surface area contributed by atoms with Gasteiger partial charge in [0.15, 0.2) is 5.76 Å². The minimum atomic E-state index is -0.343. The van der Waals surface area contributed by atoms with Crippen molar-refractivity contribution in [3.05, 3.63) is 36.8 Å². The zero-order valence-corrected chi connectivity index (χ0v) is 6.54. The third kappa shape index (κ3) is 1.56. The van der Waals surface area contributed by atoms with E-state index in [1.165, 1.54) is 23.6 Å². The number of rotatable bonds is 2. The van der Waals surface area contributed by atoms with Gasteiger partial charge >= 0.3 is 5.91 Å². The van der Waals surface area contributed by atoms with Gasteiger partial charge < -0.3 is 4.42 Å². The molecule has 0 unspecified atom stereocenters. The highest BCUT2D eigenvalue weighted by molar-refractivity contribution is 5.97. The molecule has 0 saturated heterocycles. The number of hydrogen-bond donors (Lipinski definition) is 1. The van der Waals surface area contributed by atoms with Crippen LogP contribution in [0.1, 0.15) is 10.6 Å². The highest BCUT2D eigenvalue weighted by Gasteiger charge is 2.07. The summed E-state index contributed by atoms with van der Waals surface area (Å²) in [6, 6.07) is 3.21. The standard InChI is InChI=1S/C7H6N4O2/c12-7(6-2-1-3-13-6)10-11-4-8-9-5-11/h1-5H,(H,10,12). The fourth-order valence-electron chi connectivity index (χ4n) is 0.839. The van der Waals surface area contributed by atoms with Gasteiger partial charge in [-0.25, -0.2) is 4.68 Å². The Labute approximate surface area is 73.2 Å². The predicted octanol–water partition coefficient (Wildman–Crippen LogP) is 0.255. The fraction of sp³-hybridized carbons (Fsp3) is 0. The second-order valence-electron chi connectivity index (χ2n) is 2.29. The van der Waals surface area contributed by atoms with Crippen LogP contribution in [0.4, 0.5) is 0 Å². The van der Waals surface area contributed by atoms with Crippen LogP contribution in [0, 0.1) is 0 Å². The maximum Gasteiger partial charge on any atom is 0.305 e. The average Bonchev–Trinajstić information content (AvgIpc) is 2.74. The number of amides is 1. The average molecular weight is 178 g/mol. The smallest absolute Gasteiger partial charge is 0.305 e.